The molecule has 0 aliphatic rings. The van der Waals surface area contributed by atoms with E-state index >= 15 is 0 Å². The molecule has 0 aliphatic heterocycles. The number of nitrogens with two attached hydrogens (primary N) is 1. The van der Waals surface area contributed by atoms with Crippen LogP contribution in [0.1, 0.15) is 29.8 Å². The molecule has 0 spiro atoms. The molecule has 2 rings (SSSR count). The summed E-state index contributed by atoms with van der Waals surface area (Å²) in [5.74, 6) is -0.210. The van der Waals surface area contributed by atoms with E-state index < -0.39 is 0 Å². The molecule has 18 heavy (non-hydrogen) atoms. The minimum absolute atomic E-state index is 0.210. The fourth-order valence-electron chi connectivity index (χ4n) is 1.87. The molecule has 94 valence electrons. The fourth-order valence-corrected chi connectivity index (χ4v) is 1.87. The van der Waals surface area contributed by atoms with Crippen LogP contribution in [-0.4, -0.2) is 4.98 Å². The van der Waals surface area contributed by atoms with E-state index in [2.05, 4.69) is 11.9 Å². The molecule has 1 aromatic carbocycles. The zero-order valence-corrected chi connectivity index (χ0v) is 10.4. The maximum atomic E-state index is 13.5. The van der Waals surface area contributed by atoms with Crippen molar-refractivity contribution in [1.82, 2.24) is 4.98 Å². The van der Waals surface area contributed by atoms with Crippen LogP contribution in [0.15, 0.2) is 42.6 Å². The van der Waals surface area contributed by atoms with Gasteiger partial charge in [0.15, 0.2) is 0 Å². The number of benzene rings is 1. The summed E-state index contributed by atoms with van der Waals surface area (Å²) >= 11 is 0. The number of aromatic nitrogens is 1. The van der Waals surface area contributed by atoms with E-state index in [1.807, 2.05) is 24.4 Å². The molecule has 0 saturated carbocycles. The Bertz CT molecular complexity index is 508. The van der Waals surface area contributed by atoms with Crippen LogP contribution in [-0.2, 0) is 12.8 Å². The largest absolute Gasteiger partial charge is 0.322 e. The minimum Gasteiger partial charge on any atom is -0.322 e. The topological polar surface area (TPSA) is 38.9 Å². The van der Waals surface area contributed by atoms with Gasteiger partial charge in [-0.25, -0.2) is 4.39 Å². The van der Waals surface area contributed by atoms with Crippen LogP contribution in [0.4, 0.5) is 4.39 Å². The number of nitrogens with zero attached hydrogens (tertiary/aromatic N) is 1. The number of hydrogen-bond donors (Lipinski definition) is 1. The lowest BCUT2D eigenvalue weighted by Gasteiger charge is -2.12. The van der Waals surface area contributed by atoms with Gasteiger partial charge in [-0.05, 0) is 36.1 Å². The van der Waals surface area contributed by atoms with Crippen molar-refractivity contribution < 1.29 is 4.39 Å². The second-order valence-corrected chi connectivity index (χ2v) is 4.35. The summed E-state index contributed by atoms with van der Waals surface area (Å²) < 4.78 is 13.5. The van der Waals surface area contributed by atoms with Gasteiger partial charge in [-0.15, -0.1) is 0 Å². The number of halogens is 1. The van der Waals surface area contributed by atoms with E-state index in [9.17, 15) is 4.39 Å². The average molecular weight is 244 g/mol. The molecule has 1 unspecified atom stereocenters. The highest BCUT2D eigenvalue weighted by Gasteiger charge is 2.11. The van der Waals surface area contributed by atoms with Crippen molar-refractivity contribution in [1.29, 1.82) is 0 Å². The lowest BCUT2D eigenvalue weighted by Crippen LogP contribution is -2.15. The van der Waals surface area contributed by atoms with Crippen LogP contribution in [0.25, 0.3) is 0 Å². The summed E-state index contributed by atoms with van der Waals surface area (Å²) in [6.07, 6.45) is 3.25. The summed E-state index contributed by atoms with van der Waals surface area (Å²) in [7, 11) is 0. The molecule has 0 bridgehead atoms. The second kappa shape index (κ2) is 5.74. The van der Waals surface area contributed by atoms with E-state index in [-0.39, 0.29) is 11.9 Å². The Balaban J connectivity index is 2.11. The van der Waals surface area contributed by atoms with Crippen molar-refractivity contribution in [3.63, 3.8) is 0 Å². The Morgan fingerprint density at radius 3 is 2.61 bits per heavy atom. The van der Waals surface area contributed by atoms with Gasteiger partial charge in [-0.3, -0.25) is 4.98 Å². The molecular weight excluding hydrogens is 227 g/mol. The van der Waals surface area contributed by atoms with Gasteiger partial charge in [0.2, 0.25) is 0 Å². The predicted octanol–water partition coefficient (Wildman–Crippen LogP) is 3.03. The third kappa shape index (κ3) is 2.93. The van der Waals surface area contributed by atoms with Crippen LogP contribution < -0.4 is 5.73 Å². The summed E-state index contributed by atoms with van der Waals surface area (Å²) in [6.45, 7) is 2.08. The quantitative estimate of drug-likeness (QED) is 0.897. The summed E-state index contributed by atoms with van der Waals surface area (Å²) in [5.41, 5.74) is 8.67. The van der Waals surface area contributed by atoms with Crippen molar-refractivity contribution in [3.8, 4) is 0 Å². The summed E-state index contributed by atoms with van der Waals surface area (Å²) in [6, 6.07) is 10.4. The third-order valence-corrected chi connectivity index (χ3v) is 3.03. The molecule has 0 fully saturated rings. The monoisotopic (exact) mass is 244 g/mol. The zero-order valence-electron chi connectivity index (χ0n) is 10.4. The van der Waals surface area contributed by atoms with Crippen molar-refractivity contribution in [2.24, 2.45) is 5.73 Å². The molecule has 0 radical (unpaired) electrons. The lowest BCUT2D eigenvalue weighted by atomic mass is 10.0. The van der Waals surface area contributed by atoms with E-state index in [1.54, 1.807) is 12.1 Å². The number of hydrogen-bond acceptors (Lipinski definition) is 2. The van der Waals surface area contributed by atoms with Gasteiger partial charge in [0.25, 0.3) is 0 Å². The first-order valence-electron chi connectivity index (χ1n) is 6.14. The van der Waals surface area contributed by atoms with Crippen LogP contribution >= 0.6 is 0 Å². The van der Waals surface area contributed by atoms with Gasteiger partial charge >= 0.3 is 0 Å². The minimum atomic E-state index is -0.271. The highest BCUT2D eigenvalue weighted by Crippen LogP contribution is 2.16. The SMILES string of the molecule is CCc1ccc(C(N)Cc2ccccc2F)nc1. The van der Waals surface area contributed by atoms with E-state index in [0.717, 1.165) is 12.1 Å². The predicted molar refractivity (Wildman–Crippen MR) is 70.6 cm³/mol. The van der Waals surface area contributed by atoms with Crippen LogP contribution in [0.2, 0.25) is 0 Å². The Morgan fingerprint density at radius 1 is 1.22 bits per heavy atom. The van der Waals surface area contributed by atoms with Crippen LogP contribution in [0.5, 0.6) is 0 Å². The molecule has 2 aromatic rings. The smallest absolute Gasteiger partial charge is 0.126 e. The molecule has 1 atom stereocenters. The lowest BCUT2D eigenvalue weighted by molar-refractivity contribution is 0.590. The van der Waals surface area contributed by atoms with Crippen molar-refractivity contribution in [2.45, 2.75) is 25.8 Å². The number of rotatable bonds is 4. The van der Waals surface area contributed by atoms with Crippen molar-refractivity contribution >= 4 is 0 Å². The fraction of sp³-hybridized carbons (Fsp3) is 0.267. The second-order valence-electron chi connectivity index (χ2n) is 4.35. The Morgan fingerprint density at radius 2 is 2.00 bits per heavy atom. The molecule has 1 heterocycles. The van der Waals surface area contributed by atoms with Crippen LogP contribution in [0, 0.1) is 5.82 Å². The molecular formula is C15H17FN2. The van der Waals surface area contributed by atoms with E-state index in [0.29, 0.717) is 12.0 Å². The zero-order chi connectivity index (χ0) is 13.0. The first-order valence-corrected chi connectivity index (χ1v) is 6.14. The molecule has 2 nitrogen and oxygen atoms in total. The van der Waals surface area contributed by atoms with Gasteiger partial charge in [-0.1, -0.05) is 31.2 Å². The summed E-state index contributed by atoms with van der Waals surface area (Å²) in [4.78, 5) is 4.33. The molecule has 2 N–H and O–H groups in total. The Kier molecular flexibility index (Phi) is 4.05. The van der Waals surface area contributed by atoms with Crippen molar-refractivity contribution in [2.75, 3.05) is 0 Å². The highest BCUT2D eigenvalue weighted by molar-refractivity contribution is 5.22. The first-order chi connectivity index (χ1) is 8.70. The van der Waals surface area contributed by atoms with E-state index in [4.69, 9.17) is 5.73 Å². The Hall–Kier alpha value is -1.74. The van der Waals surface area contributed by atoms with Gasteiger partial charge in [0.05, 0.1) is 11.7 Å². The van der Waals surface area contributed by atoms with Gasteiger partial charge in [-0.2, -0.15) is 0 Å². The van der Waals surface area contributed by atoms with Gasteiger partial charge in [0.1, 0.15) is 5.82 Å². The molecule has 0 aliphatic carbocycles. The standard InChI is InChI=1S/C15H17FN2/c1-2-11-7-8-15(18-10-11)14(17)9-12-5-3-4-6-13(12)16/h3-8,10,14H,2,9,17H2,1H3. The van der Waals surface area contributed by atoms with Gasteiger partial charge in [0, 0.05) is 6.20 Å². The maximum Gasteiger partial charge on any atom is 0.126 e. The van der Waals surface area contributed by atoms with Crippen LogP contribution in [0.3, 0.4) is 0 Å². The molecule has 1 aromatic heterocycles. The normalized spacial score (nSPS) is 12.4. The summed E-state index contributed by atoms with van der Waals surface area (Å²) in [5, 5.41) is 0. The first kappa shape index (κ1) is 12.7. The Labute approximate surface area is 107 Å². The highest BCUT2D eigenvalue weighted by atomic mass is 19.1. The number of pyridine rings is 1. The molecule has 3 heteroatoms. The molecule has 0 amide bonds. The van der Waals surface area contributed by atoms with E-state index in [1.165, 1.54) is 11.6 Å². The molecule has 0 saturated heterocycles. The van der Waals surface area contributed by atoms with Gasteiger partial charge < -0.3 is 5.73 Å². The average Bonchev–Trinajstić information content (AvgIpc) is 2.41. The van der Waals surface area contributed by atoms with Crippen molar-refractivity contribution in [3.05, 3.63) is 65.2 Å². The number of aryl methyl sites for hydroxylation is 1. The maximum absolute atomic E-state index is 13.5. The third-order valence-electron chi connectivity index (χ3n) is 3.03.